The third-order valence-corrected chi connectivity index (χ3v) is 5.88. The van der Waals surface area contributed by atoms with E-state index in [0.29, 0.717) is 5.56 Å². The minimum absolute atomic E-state index is 0.104. The lowest BCUT2D eigenvalue weighted by atomic mass is 9.98. The average molecular weight is 271 g/mol. The van der Waals surface area contributed by atoms with Gasteiger partial charge in [0.25, 0.3) is 0 Å². The van der Waals surface area contributed by atoms with Crippen molar-refractivity contribution < 1.29 is 12.8 Å². The van der Waals surface area contributed by atoms with E-state index in [-0.39, 0.29) is 17.6 Å². The van der Waals surface area contributed by atoms with Gasteiger partial charge in [0.2, 0.25) is 0 Å². The summed E-state index contributed by atoms with van der Waals surface area (Å²) in [5.74, 6) is -0.241. The van der Waals surface area contributed by atoms with Crippen LogP contribution in [-0.4, -0.2) is 25.0 Å². The molecule has 0 radical (unpaired) electrons. The molecule has 2 rings (SSSR count). The molecule has 2 unspecified atom stereocenters. The van der Waals surface area contributed by atoms with Crippen LogP contribution in [0.15, 0.2) is 24.3 Å². The Morgan fingerprint density at radius 3 is 2.67 bits per heavy atom. The first-order chi connectivity index (χ1) is 8.21. The van der Waals surface area contributed by atoms with E-state index in [4.69, 9.17) is 0 Å². The molecule has 1 heterocycles. The summed E-state index contributed by atoms with van der Waals surface area (Å²) < 4.78 is 37.5. The smallest absolute Gasteiger partial charge is 0.156 e. The lowest BCUT2D eigenvalue weighted by Crippen LogP contribution is -2.57. The molecule has 0 saturated carbocycles. The van der Waals surface area contributed by atoms with Gasteiger partial charge in [0.1, 0.15) is 5.82 Å². The Kier molecular flexibility index (Phi) is 3.23. The molecule has 0 aliphatic carbocycles. The van der Waals surface area contributed by atoms with Crippen LogP contribution in [0, 0.1) is 5.82 Å². The second-order valence-corrected chi connectivity index (χ2v) is 7.93. The number of nitrogens with one attached hydrogen (secondary N) is 1. The Hall–Kier alpha value is -0.940. The summed E-state index contributed by atoms with van der Waals surface area (Å²) >= 11 is 0. The van der Waals surface area contributed by atoms with Crippen molar-refractivity contribution in [3.8, 4) is 0 Å². The van der Waals surface area contributed by atoms with Gasteiger partial charge in [-0.25, -0.2) is 12.8 Å². The zero-order valence-electron chi connectivity index (χ0n) is 10.8. The number of benzene rings is 1. The molecule has 0 amide bonds. The molecule has 100 valence electrons. The molecule has 2 atom stereocenters. The second kappa shape index (κ2) is 4.31. The van der Waals surface area contributed by atoms with Crippen molar-refractivity contribution in [3.63, 3.8) is 0 Å². The van der Waals surface area contributed by atoms with Crippen LogP contribution in [0.5, 0.6) is 0 Å². The molecule has 3 nitrogen and oxygen atoms in total. The summed E-state index contributed by atoms with van der Waals surface area (Å²) in [7, 11) is -3.16. The fraction of sp³-hybridized carbons (Fsp3) is 0.538. The fourth-order valence-electron chi connectivity index (χ4n) is 2.48. The largest absolute Gasteiger partial charge is 0.303 e. The zero-order chi connectivity index (χ0) is 13.6. The first-order valence-corrected chi connectivity index (χ1v) is 7.68. The Balaban J connectivity index is 2.43. The third kappa shape index (κ3) is 2.57. The minimum atomic E-state index is -3.16. The van der Waals surface area contributed by atoms with Gasteiger partial charge in [0, 0.05) is 11.6 Å². The highest BCUT2D eigenvalue weighted by Crippen LogP contribution is 2.31. The summed E-state index contributed by atoms with van der Waals surface area (Å²) in [4.78, 5) is 0. The van der Waals surface area contributed by atoms with Gasteiger partial charge in [-0.2, -0.15) is 0 Å². The zero-order valence-corrected chi connectivity index (χ0v) is 11.6. The van der Waals surface area contributed by atoms with Gasteiger partial charge in [-0.1, -0.05) is 12.1 Å². The molecule has 1 aliphatic heterocycles. The van der Waals surface area contributed by atoms with Crippen LogP contribution >= 0.6 is 0 Å². The van der Waals surface area contributed by atoms with E-state index in [9.17, 15) is 12.8 Å². The third-order valence-electron chi connectivity index (χ3n) is 3.35. The van der Waals surface area contributed by atoms with Crippen molar-refractivity contribution in [2.75, 3.05) is 5.75 Å². The summed E-state index contributed by atoms with van der Waals surface area (Å²) in [6.07, 6.45) is 0. The maximum atomic E-state index is 13.3. The van der Waals surface area contributed by atoms with Gasteiger partial charge in [-0.05, 0) is 38.5 Å². The van der Waals surface area contributed by atoms with Crippen LogP contribution in [0.1, 0.15) is 32.4 Å². The number of hydrogen-bond donors (Lipinski definition) is 1. The Morgan fingerprint density at radius 1 is 1.39 bits per heavy atom. The van der Waals surface area contributed by atoms with Crippen molar-refractivity contribution in [1.29, 1.82) is 0 Å². The summed E-state index contributed by atoms with van der Waals surface area (Å²) in [5.41, 5.74) is 0.182. The molecule has 0 bridgehead atoms. The van der Waals surface area contributed by atoms with Gasteiger partial charge >= 0.3 is 0 Å². The lowest BCUT2D eigenvalue weighted by molar-refractivity contribution is 0.333. The van der Waals surface area contributed by atoms with E-state index in [1.165, 1.54) is 12.1 Å². The van der Waals surface area contributed by atoms with Gasteiger partial charge in [-0.3, -0.25) is 0 Å². The lowest BCUT2D eigenvalue weighted by Gasteiger charge is -2.40. The van der Waals surface area contributed by atoms with Gasteiger partial charge in [0.15, 0.2) is 9.84 Å². The normalized spacial score (nSPS) is 30.0. The first-order valence-electron chi connectivity index (χ1n) is 5.96. The average Bonchev–Trinajstić information content (AvgIpc) is 2.22. The Bertz CT molecular complexity index is 554. The van der Waals surface area contributed by atoms with E-state index >= 15 is 0 Å². The molecule has 1 N–H and O–H groups in total. The molecule has 0 spiro atoms. The van der Waals surface area contributed by atoms with Crippen LogP contribution in [-0.2, 0) is 9.84 Å². The van der Waals surface area contributed by atoms with E-state index in [2.05, 4.69) is 5.32 Å². The SMILES string of the molecule is CC1C(c2cccc(F)c2)NC(C)(C)CS1(=O)=O. The van der Waals surface area contributed by atoms with Crippen LogP contribution in [0.25, 0.3) is 0 Å². The predicted molar refractivity (Wildman–Crippen MR) is 69.6 cm³/mol. The van der Waals surface area contributed by atoms with Crippen LogP contribution < -0.4 is 5.32 Å². The second-order valence-electron chi connectivity index (χ2n) is 5.57. The molecule has 0 aromatic heterocycles. The fourth-order valence-corrected chi connectivity index (χ4v) is 4.47. The molecule has 18 heavy (non-hydrogen) atoms. The van der Waals surface area contributed by atoms with Gasteiger partial charge in [-0.15, -0.1) is 0 Å². The molecule has 1 aromatic rings. The van der Waals surface area contributed by atoms with Gasteiger partial charge < -0.3 is 5.32 Å². The predicted octanol–water partition coefficient (Wildman–Crippen LogP) is 2.05. The van der Waals surface area contributed by atoms with E-state index < -0.39 is 20.6 Å². The molecule has 1 aromatic carbocycles. The number of sulfone groups is 1. The highest BCUT2D eigenvalue weighted by Gasteiger charge is 2.42. The summed E-state index contributed by atoms with van der Waals surface area (Å²) in [6, 6.07) is 5.75. The Labute approximate surface area is 107 Å². The maximum Gasteiger partial charge on any atom is 0.156 e. The van der Waals surface area contributed by atoms with Crippen molar-refractivity contribution in [2.45, 2.75) is 37.6 Å². The minimum Gasteiger partial charge on any atom is -0.303 e. The van der Waals surface area contributed by atoms with E-state index in [1.807, 2.05) is 13.8 Å². The molecule has 1 fully saturated rings. The molecular formula is C13H18FNO2S. The highest BCUT2D eigenvalue weighted by atomic mass is 32.2. The summed E-state index contributed by atoms with van der Waals surface area (Å²) in [5, 5.41) is 2.75. The van der Waals surface area contributed by atoms with Crippen molar-refractivity contribution in [2.24, 2.45) is 0 Å². The van der Waals surface area contributed by atoms with Crippen LogP contribution in [0.4, 0.5) is 4.39 Å². The topological polar surface area (TPSA) is 46.2 Å². The van der Waals surface area contributed by atoms with Crippen molar-refractivity contribution >= 4 is 9.84 Å². The number of rotatable bonds is 1. The highest BCUT2D eigenvalue weighted by molar-refractivity contribution is 7.92. The number of halogens is 1. The standard InChI is InChI=1S/C13H18FNO2S/c1-9-12(10-5-4-6-11(14)7-10)15-13(2,3)8-18(9,16)17/h4-7,9,12,15H,8H2,1-3H3. The van der Waals surface area contributed by atoms with Gasteiger partial charge in [0.05, 0.1) is 11.0 Å². The van der Waals surface area contributed by atoms with Crippen LogP contribution in [0.3, 0.4) is 0 Å². The van der Waals surface area contributed by atoms with Crippen LogP contribution in [0.2, 0.25) is 0 Å². The van der Waals surface area contributed by atoms with E-state index in [0.717, 1.165) is 0 Å². The molecule has 1 aliphatic rings. The molecular weight excluding hydrogens is 253 g/mol. The summed E-state index contributed by atoms with van der Waals surface area (Å²) in [6.45, 7) is 5.37. The first kappa shape index (κ1) is 13.5. The number of hydrogen-bond acceptors (Lipinski definition) is 3. The quantitative estimate of drug-likeness (QED) is 0.850. The Morgan fingerprint density at radius 2 is 2.06 bits per heavy atom. The van der Waals surface area contributed by atoms with Crippen molar-refractivity contribution in [1.82, 2.24) is 5.32 Å². The molecule has 1 saturated heterocycles. The van der Waals surface area contributed by atoms with Crippen molar-refractivity contribution in [3.05, 3.63) is 35.6 Å². The maximum absolute atomic E-state index is 13.3. The monoisotopic (exact) mass is 271 g/mol. The molecule has 5 heteroatoms. The van der Waals surface area contributed by atoms with E-state index in [1.54, 1.807) is 19.1 Å².